The van der Waals surface area contributed by atoms with Crippen LogP contribution in [0.15, 0.2) is 73.1 Å². The number of rotatable bonds is 7. The van der Waals surface area contributed by atoms with Crippen molar-refractivity contribution in [2.45, 2.75) is 20.0 Å². The van der Waals surface area contributed by atoms with Gasteiger partial charge in [0.1, 0.15) is 24.6 Å². The predicted molar refractivity (Wildman–Crippen MR) is 121 cm³/mol. The van der Waals surface area contributed by atoms with Gasteiger partial charge in [-0.25, -0.2) is 0 Å². The molecule has 4 aromatic rings. The molecule has 0 atom stereocenters. The molecule has 30 heavy (non-hydrogen) atoms. The summed E-state index contributed by atoms with van der Waals surface area (Å²) < 4.78 is 10.7. The van der Waals surface area contributed by atoms with Crippen molar-refractivity contribution < 1.29 is 14.8 Å². The predicted octanol–water partition coefficient (Wildman–Crippen LogP) is 4.49. The number of ether oxygens (including phenoxy) is 2. The van der Waals surface area contributed by atoms with Crippen LogP contribution in [0.3, 0.4) is 0 Å². The minimum Gasteiger partial charge on any atom is -0.497 e. The number of nitrogens with zero attached hydrogens (tertiary/aromatic N) is 1. The van der Waals surface area contributed by atoms with Gasteiger partial charge in [0.05, 0.1) is 14.2 Å². The van der Waals surface area contributed by atoms with Crippen molar-refractivity contribution in [3.8, 4) is 22.6 Å². The Hall–Kier alpha value is -3.37. The van der Waals surface area contributed by atoms with Crippen LogP contribution in [0, 0.1) is 6.92 Å². The number of fused-ring (bicyclic) bond motifs is 1. The van der Waals surface area contributed by atoms with Crippen LogP contribution in [0.5, 0.6) is 11.5 Å². The molecule has 2 N–H and O–H groups in total. The molecule has 0 aliphatic carbocycles. The number of nitrogens with two attached hydrogens (primary N) is 1. The number of hydrogen-bond donors (Lipinski definition) is 1. The van der Waals surface area contributed by atoms with E-state index in [1.807, 2.05) is 30.6 Å². The zero-order valence-electron chi connectivity index (χ0n) is 17.7. The highest BCUT2D eigenvalue weighted by Gasteiger charge is 2.11. The first kappa shape index (κ1) is 19.9. The summed E-state index contributed by atoms with van der Waals surface area (Å²) in [6.45, 7) is 3.87. The molecule has 1 aromatic heterocycles. The summed E-state index contributed by atoms with van der Waals surface area (Å²) in [5.74, 6) is 1.81. The lowest BCUT2D eigenvalue weighted by atomic mass is 9.95. The second kappa shape index (κ2) is 8.97. The SMILES string of the molecule is COc1cccc(C[NH2+]Cc2ccc(-c3ccc(OC)c(C)c3)c3ccncc23)c1. The maximum atomic E-state index is 5.42. The summed E-state index contributed by atoms with van der Waals surface area (Å²) >= 11 is 0. The van der Waals surface area contributed by atoms with E-state index in [0.717, 1.165) is 30.2 Å². The van der Waals surface area contributed by atoms with Crippen molar-refractivity contribution in [2.75, 3.05) is 14.2 Å². The third-order valence-electron chi connectivity index (χ3n) is 5.49. The molecule has 1 heterocycles. The minimum absolute atomic E-state index is 0.890. The van der Waals surface area contributed by atoms with Crippen LogP contribution >= 0.6 is 0 Å². The molecule has 0 bridgehead atoms. The van der Waals surface area contributed by atoms with Gasteiger partial charge in [-0.2, -0.15) is 0 Å². The molecule has 4 heteroatoms. The van der Waals surface area contributed by atoms with Crippen LogP contribution in [0.25, 0.3) is 21.9 Å². The van der Waals surface area contributed by atoms with Gasteiger partial charge in [0.25, 0.3) is 0 Å². The van der Waals surface area contributed by atoms with E-state index in [1.165, 1.54) is 33.0 Å². The molecule has 152 valence electrons. The smallest absolute Gasteiger partial charge is 0.121 e. The van der Waals surface area contributed by atoms with Gasteiger partial charge in [0.2, 0.25) is 0 Å². The van der Waals surface area contributed by atoms with Crippen LogP contribution in [0.2, 0.25) is 0 Å². The number of aromatic nitrogens is 1. The molecule has 0 unspecified atom stereocenters. The summed E-state index contributed by atoms with van der Waals surface area (Å²) in [7, 11) is 3.41. The van der Waals surface area contributed by atoms with Gasteiger partial charge in [-0.05, 0) is 59.3 Å². The number of benzene rings is 3. The van der Waals surface area contributed by atoms with Crippen molar-refractivity contribution in [1.29, 1.82) is 0 Å². The Bertz CT molecular complexity index is 1170. The maximum Gasteiger partial charge on any atom is 0.121 e. The Morgan fingerprint density at radius 2 is 1.77 bits per heavy atom. The normalized spacial score (nSPS) is 10.9. The van der Waals surface area contributed by atoms with Crippen molar-refractivity contribution >= 4 is 10.8 Å². The fourth-order valence-corrected chi connectivity index (χ4v) is 3.92. The average Bonchev–Trinajstić information content (AvgIpc) is 2.79. The van der Waals surface area contributed by atoms with Gasteiger partial charge in [-0.3, -0.25) is 4.98 Å². The molecule has 0 aliphatic rings. The molecule has 4 rings (SSSR count). The topological polar surface area (TPSA) is 48.0 Å². The lowest BCUT2D eigenvalue weighted by Gasteiger charge is -2.13. The molecule has 0 fully saturated rings. The highest BCUT2D eigenvalue weighted by molar-refractivity contribution is 5.98. The zero-order chi connectivity index (χ0) is 20.9. The number of hydrogen-bond acceptors (Lipinski definition) is 3. The highest BCUT2D eigenvalue weighted by Crippen LogP contribution is 2.32. The van der Waals surface area contributed by atoms with E-state index in [1.54, 1.807) is 14.2 Å². The lowest BCUT2D eigenvalue weighted by Crippen LogP contribution is -2.80. The molecular formula is C26H27N2O2+. The number of aryl methyl sites for hydroxylation is 1. The van der Waals surface area contributed by atoms with E-state index < -0.39 is 0 Å². The Kier molecular flexibility index (Phi) is 5.96. The van der Waals surface area contributed by atoms with Crippen molar-refractivity contribution in [3.05, 3.63) is 89.7 Å². The van der Waals surface area contributed by atoms with Gasteiger partial charge in [0.15, 0.2) is 0 Å². The molecule has 3 aromatic carbocycles. The van der Waals surface area contributed by atoms with Gasteiger partial charge < -0.3 is 14.8 Å². The first-order valence-corrected chi connectivity index (χ1v) is 10.1. The number of quaternary nitrogens is 1. The van der Waals surface area contributed by atoms with Gasteiger partial charge >= 0.3 is 0 Å². The molecule has 0 radical (unpaired) electrons. The molecule has 0 aliphatic heterocycles. The highest BCUT2D eigenvalue weighted by atomic mass is 16.5. The number of methoxy groups -OCH3 is 2. The second-order valence-electron chi connectivity index (χ2n) is 7.43. The van der Waals surface area contributed by atoms with Crippen molar-refractivity contribution in [3.63, 3.8) is 0 Å². The third-order valence-corrected chi connectivity index (χ3v) is 5.49. The van der Waals surface area contributed by atoms with E-state index in [0.29, 0.717) is 0 Å². The van der Waals surface area contributed by atoms with E-state index in [2.05, 4.69) is 59.7 Å². The Morgan fingerprint density at radius 3 is 2.57 bits per heavy atom. The van der Waals surface area contributed by atoms with Crippen molar-refractivity contribution in [2.24, 2.45) is 0 Å². The Balaban J connectivity index is 1.60. The zero-order valence-corrected chi connectivity index (χ0v) is 17.7. The van der Waals surface area contributed by atoms with Gasteiger partial charge in [0, 0.05) is 28.9 Å². The Labute approximate surface area is 177 Å². The van der Waals surface area contributed by atoms with E-state index in [4.69, 9.17) is 9.47 Å². The van der Waals surface area contributed by atoms with Crippen LogP contribution < -0.4 is 14.8 Å². The third kappa shape index (κ3) is 4.14. The van der Waals surface area contributed by atoms with Crippen LogP contribution in [0.4, 0.5) is 0 Å². The molecule has 0 spiro atoms. The van der Waals surface area contributed by atoms with Crippen LogP contribution in [-0.4, -0.2) is 19.2 Å². The van der Waals surface area contributed by atoms with E-state index in [9.17, 15) is 0 Å². The van der Waals surface area contributed by atoms with Crippen molar-refractivity contribution in [1.82, 2.24) is 4.98 Å². The molecule has 0 saturated heterocycles. The lowest BCUT2D eigenvalue weighted by molar-refractivity contribution is -0.686. The van der Waals surface area contributed by atoms with Crippen LogP contribution in [-0.2, 0) is 13.1 Å². The quantitative estimate of drug-likeness (QED) is 0.498. The van der Waals surface area contributed by atoms with E-state index >= 15 is 0 Å². The first-order chi connectivity index (χ1) is 14.7. The average molecular weight is 400 g/mol. The summed E-state index contributed by atoms with van der Waals surface area (Å²) in [5.41, 5.74) is 6.08. The van der Waals surface area contributed by atoms with Crippen LogP contribution in [0.1, 0.15) is 16.7 Å². The van der Waals surface area contributed by atoms with E-state index in [-0.39, 0.29) is 0 Å². The number of pyridine rings is 1. The van der Waals surface area contributed by atoms with Gasteiger partial charge in [-0.1, -0.05) is 30.3 Å². The summed E-state index contributed by atoms with van der Waals surface area (Å²) in [5, 5.41) is 4.74. The fraction of sp³-hybridized carbons (Fsp3) is 0.192. The monoisotopic (exact) mass is 399 g/mol. The molecule has 0 amide bonds. The molecule has 4 nitrogen and oxygen atoms in total. The standard InChI is InChI=1S/C26H26N2O2/c1-18-13-20(8-10-26(18)30-3)23-9-7-21(25-17-27-12-11-24(23)25)16-28-15-19-5-4-6-22(14-19)29-2/h4-14,17,28H,15-16H2,1-3H3/p+1. The largest absolute Gasteiger partial charge is 0.497 e. The minimum atomic E-state index is 0.890. The summed E-state index contributed by atoms with van der Waals surface area (Å²) in [6.07, 6.45) is 3.84. The fourth-order valence-electron chi connectivity index (χ4n) is 3.92. The second-order valence-corrected chi connectivity index (χ2v) is 7.43. The van der Waals surface area contributed by atoms with Gasteiger partial charge in [-0.15, -0.1) is 0 Å². The summed E-state index contributed by atoms with van der Waals surface area (Å²) in [4.78, 5) is 4.39. The molecular weight excluding hydrogens is 372 g/mol. The molecule has 0 saturated carbocycles. The first-order valence-electron chi connectivity index (χ1n) is 10.1. The Morgan fingerprint density at radius 1 is 0.867 bits per heavy atom. The maximum absolute atomic E-state index is 5.42. The summed E-state index contributed by atoms with van der Waals surface area (Å²) in [6, 6.07) is 21.1.